The van der Waals surface area contributed by atoms with Crippen molar-refractivity contribution in [1.82, 2.24) is 19.6 Å². The Morgan fingerprint density at radius 2 is 1.87 bits per heavy atom. The van der Waals surface area contributed by atoms with Gasteiger partial charge in [0.05, 0.1) is 7.11 Å². The quantitative estimate of drug-likeness (QED) is 0.737. The minimum Gasteiger partial charge on any atom is -0.497 e. The van der Waals surface area contributed by atoms with Gasteiger partial charge in [-0.1, -0.05) is 6.07 Å². The molecule has 0 saturated carbocycles. The van der Waals surface area contributed by atoms with Crippen LogP contribution in [0, 0.1) is 5.92 Å². The molecule has 2 fully saturated rings. The van der Waals surface area contributed by atoms with Crippen LogP contribution >= 0.6 is 0 Å². The van der Waals surface area contributed by atoms with Crippen molar-refractivity contribution in [3.8, 4) is 5.75 Å². The number of piperidine rings is 2. The van der Waals surface area contributed by atoms with E-state index in [0.29, 0.717) is 29.5 Å². The minimum absolute atomic E-state index is 0.0609. The van der Waals surface area contributed by atoms with E-state index in [-0.39, 0.29) is 17.9 Å². The molecular weight excluding hydrogens is 392 g/mol. The largest absolute Gasteiger partial charge is 0.497 e. The van der Waals surface area contributed by atoms with Gasteiger partial charge in [-0.3, -0.25) is 14.3 Å². The normalized spacial score (nSPS) is 20.0. The van der Waals surface area contributed by atoms with Crippen molar-refractivity contribution in [2.24, 2.45) is 5.92 Å². The van der Waals surface area contributed by atoms with Crippen molar-refractivity contribution in [2.75, 3.05) is 26.7 Å². The fourth-order valence-corrected chi connectivity index (χ4v) is 5.04. The Kier molecular flexibility index (Phi) is 6.59. The Hall–Kier alpha value is -2.83. The average molecular weight is 425 g/mol. The van der Waals surface area contributed by atoms with E-state index in [2.05, 4.69) is 10.00 Å². The van der Waals surface area contributed by atoms with Gasteiger partial charge in [0.1, 0.15) is 11.4 Å². The smallest absolute Gasteiger partial charge is 0.272 e. The third-order valence-corrected chi connectivity index (χ3v) is 6.73. The van der Waals surface area contributed by atoms with E-state index in [1.807, 2.05) is 36.1 Å². The summed E-state index contributed by atoms with van der Waals surface area (Å²) >= 11 is 0. The van der Waals surface area contributed by atoms with Crippen molar-refractivity contribution in [2.45, 2.75) is 51.6 Å². The molecule has 4 rings (SSSR count). The predicted octanol–water partition coefficient (Wildman–Crippen LogP) is 3.46. The number of ether oxygens (including phenoxy) is 1. The van der Waals surface area contributed by atoms with Crippen molar-refractivity contribution >= 4 is 11.8 Å². The number of rotatable bonds is 5. The summed E-state index contributed by atoms with van der Waals surface area (Å²) in [7, 11) is 1.62. The zero-order valence-corrected chi connectivity index (χ0v) is 18.5. The first kappa shape index (κ1) is 21.4. The molecule has 1 atom stereocenters. The summed E-state index contributed by atoms with van der Waals surface area (Å²) < 4.78 is 7.06. The summed E-state index contributed by atoms with van der Waals surface area (Å²) in [5.74, 6) is 1.28. The highest BCUT2D eigenvalue weighted by atomic mass is 16.5. The summed E-state index contributed by atoms with van der Waals surface area (Å²) in [5, 5.41) is 4.23. The number of aryl methyl sites for hydroxylation is 1. The van der Waals surface area contributed by atoms with Crippen LogP contribution in [0.15, 0.2) is 36.5 Å². The van der Waals surface area contributed by atoms with Gasteiger partial charge in [0.15, 0.2) is 0 Å². The second-order valence-corrected chi connectivity index (χ2v) is 8.46. The van der Waals surface area contributed by atoms with Crippen molar-refractivity contribution in [3.05, 3.63) is 47.8 Å². The molecule has 7 nitrogen and oxygen atoms in total. The number of carbonyl (C=O) groups excluding carboxylic acids is 2. The molecule has 0 N–H and O–H groups in total. The van der Waals surface area contributed by atoms with Gasteiger partial charge in [-0.2, -0.15) is 5.10 Å². The number of hydrogen-bond donors (Lipinski definition) is 0. The third-order valence-electron chi connectivity index (χ3n) is 6.73. The van der Waals surface area contributed by atoms with Crippen molar-refractivity contribution in [1.29, 1.82) is 0 Å². The molecule has 0 bridgehead atoms. The van der Waals surface area contributed by atoms with Crippen LogP contribution in [0.4, 0.5) is 0 Å². The molecule has 31 heavy (non-hydrogen) atoms. The lowest BCUT2D eigenvalue weighted by Gasteiger charge is -2.43. The predicted molar refractivity (Wildman–Crippen MR) is 118 cm³/mol. The van der Waals surface area contributed by atoms with Crippen LogP contribution in [0.25, 0.3) is 0 Å². The first-order valence-corrected chi connectivity index (χ1v) is 11.4. The Balaban J connectivity index is 1.42. The molecular formula is C24H32N4O3. The molecule has 0 radical (unpaired) electrons. The van der Waals surface area contributed by atoms with Gasteiger partial charge in [0.25, 0.3) is 11.8 Å². The number of aromatic nitrogens is 2. The van der Waals surface area contributed by atoms with Crippen LogP contribution in [0.3, 0.4) is 0 Å². The topological polar surface area (TPSA) is 67.7 Å². The van der Waals surface area contributed by atoms with E-state index >= 15 is 0 Å². The molecule has 2 aromatic rings. The average Bonchev–Trinajstić information content (AvgIpc) is 3.32. The summed E-state index contributed by atoms with van der Waals surface area (Å²) in [6, 6.07) is 9.47. The monoisotopic (exact) mass is 424 g/mol. The summed E-state index contributed by atoms with van der Waals surface area (Å²) in [4.78, 5) is 30.3. The van der Waals surface area contributed by atoms with Crippen LogP contribution in [-0.4, -0.2) is 64.2 Å². The molecule has 1 aromatic heterocycles. The minimum atomic E-state index is 0.0609. The fraction of sp³-hybridized carbons (Fsp3) is 0.542. The molecule has 3 heterocycles. The maximum atomic E-state index is 13.3. The standard InChI is InChI=1S/C24H32N4O3/c1-3-28-22(10-13-25-28)24(30)26-15-11-18(12-16-26)21-9-4-5-14-27(21)23(29)19-7-6-8-20(17-19)31-2/h6-8,10,13,17-18,21H,3-5,9,11-12,14-16H2,1-2H3. The van der Waals surface area contributed by atoms with E-state index in [0.717, 1.165) is 51.7 Å². The summed E-state index contributed by atoms with van der Waals surface area (Å²) in [5.41, 5.74) is 1.35. The van der Waals surface area contributed by atoms with E-state index in [1.54, 1.807) is 24.1 Å². The first-order chi connectivity index (χ1) is 15.1. The second-order valence-electron chi connectivity index (χ2n) is 8.46. The molecule has 7 heteroatoms. The molecule has 1 aromatic carbocycles. The van der Waals surface area contributed by atoms with E-state index in [9.17, 15) is 9.59 Å². The lowest BCUT2D eigenvalue weighted by atomic mass is 9.83. The van der Waals surface area contributed by atoms with Gasteiger partial charge in [-0.15, -0.1) is 0 Å². The molecule has 166 valence electrons. The Morgan fingerprint density at radius 1 is 1.06 bits per heavy atom. The Morgan fingerprint density at radius 3 is 2.61 bits per heavy atom. The lowest BCUT2D eigenvalue weighted by Crippen LogP contribution is -2.51. The fourth-order valence-electron chi connectivity index (χ4n) is 5.04. The summed E-state index contributed by atoms with van der Waals surface area (Å²) in [6.07, 6.45) is 6.79. The number of methoxy groups -OCH3 is 1. The maximum absolute atomic E-state index is 13.3. The van der Waals surface area contributed by atoms with E-state index in [4.69, 9.17) is 4.74 Å². The second kappa shape index (κ2) is 9.54. The van der Waals surface area contributed by atoms with Crippen LogP contribution in [0.5, 0.6) is 5.75 Å². The first-order valence-electron chi connectivity index (χ1n) is 11.4. The maximum Gasteiger partial charge on any atom is 0.272 e. The number of nitrogens with zero attached hydrogens (tertiary/aromatic N) is 4. The molecule has 1 unspecified atom stereocenters. The highest BCUT2D eigenvalue weighted by molar-refractivity contribution is 5.95. The van der Waals surface area contributed by atoms with Crippen molar-refractivity contribution in [3.63, 3.8) is 0 Å². The SMILES string of the molecule is CCn1nccc1C(=O)N1CCC(C2CCCCN2C(=O)c2cccc(OC)c2)CC1. The third kappa shape index (κ3) is 4.45. The zero-order valence-electron chi connectivity index (χ0n) is 18.5. The number of carbonyl (C=O) groups is 2. The number of benzene rings is 1. The van der Waals surface area contributed by atoms with Gasteiger partial charge in [0, 0.05) is 44.0 Å². The zero-order chi connectivity index (χ0) is 21.8. The highest BCUT2D eigenvalue weighted by Gasteiger charge is 2.36. The lowest BCUT2D eigenvalue weighted by molar-refractivity contribution is 0.0371. The van der Waals surface area contributed by atoms with Crippen LogP contribution < -0.4 is 4.74 Å². The van der Waals surface area contributed by atoms with Crippen LogP contribution in [0.1, 0.15) is 59.9 Å². The Labute approximate surface area is 184 Å². The number of hydrogen-bond acceptors (Lipinski definition) is 4. The van der Waals surface area contributed by atoms with Gasteiger partial charge >= 0.3 is 0 Å². The van der Waals surface area contributed by atoms with Gasteiger partial charge < -0.3 is 14.5 Å². The van der Waals surface area contributed by atoms with E-state index < -0.39 is 0 Å². The van der Waals surface area contributed by atoms with Gasteiger partial charge in [-0.05, 0) is 69.2 Å². The molecule has 0 spiro atoms. The van der Waals surface area contributed by atoms with Crippen molar-refractivity contribution < 1.29 is 14.3 Å². The van der Waals surface area contributed by atoms with Crippen LogP contribution in [-0.2, 0) is 6.54 Å². The van der Waals surface area contributed by atoms with Gasteiger partial charge in [0.2, 0.25) is 0 Å². The molecule has 2 aliphatic rings. The molecule has 0 aliphatic carbocycles. The number of amides is 2. The van der Waals surface area contributed by atoms with Crippen LogP contribution in [0.2, 0.25) is 0 Å². The molecule has 2 amide bonds. The molecule has 2 aliphatic heterocycles. The van der Waals surface area contributed by atoms with Gasteiger partial charge in [-0.25, -0.2) is 0 Å². The highest BCUT2D eigenvalue weighted by Crippen LogP contribution is 2.32. The number of likely N-dealkylation sites (tertiary alicyclic amines) is 2. The summed E-state index contributed by atoms with van der Waals surface area (Å²) in [6.45, 7) is 4.95. The Bertz CT molecular complexity index is 917. The van der Waals surface area contributed by atoms with E-state index in [1.165, 1.54) is 0 Å². The molecule has 2 saturated heterocycles.